The highest BCUT2D eigenvalue weighted by Crippen LogP contribution is 2.33. The van der Waals surface area contributed by atoms with E-state index >= 15 is 0 Å². The minimum absolute atomic E-state index is 0.0256. The lowest BCUT2D eigenvalue weighted by Gasteiger charge is -2.38. The zero-order valence-electron chi connectivity index (χ0n) is 15.6. The van der Waals surface area contributed by atoms with E-state index in [1.807, 2.05) is 36.8 Å². The van der Waals surface area contributed by atoms with Crippen molar-refractivity contribution < 1.29 is 0 Å². The van der Waals surface area contributed by atoms with Crippen LogP contribution < -0.4 is 10.6 Å². The van der Waals surface area contributed by atoms with E-state index in [0.29, 0.717) is 5.95 Å². The third-order valence-electron chi connectivity index (χ3n) is 4.58. The van der Waals surface area contributed by atoms with Gasteiger partial charge in [-0.05, 0) is 56.2 Å². The fraction of sp³-hybridized carbons (Fsp3) is 0.286. The highest BCUT2D eigenvalue weighted by molar-refractivity contribution is 7.18. The number of thiophene rings is 1. The fourth-order valence-electron chi connectivity index (χ4n) is 3.56. The zero-order valence-corrected chi connectivity index (χ0v) is 16.4. The van der Waals surface area contributed by atoms with Crippen molar-refractivity contribution in [3.05, 3.63) is 61.2 Å². The van der Waals surface area contributed by atoms with E-state index in [4.69, 9.17) is 4.98 Å². The molecule has 4 rings (SSSR count). The molecular weight excluding hydrogens is 354 g/mol. The molecule has 0 radical (unpaired) electrons. The van der Waals surface area contributed by atoms with Gasteiger partial charge in [-0.2, -0.15) is 0 Å². The number of anilines is 1. The van der Waals surface area contributed by atoms with Crippen LogP contribution in [0.25, 0.3) is 21.0 Å². The van der Waals surface area contributed by atoms with Crippen molar-refractivity contribution in [1.29, 1.82) is 0 Å². The molecule has 1 aliphatic heterocycles. The van der Waals surface area contributed by atoms with Gasteiger partial charge >= 0.3 is 0 Å². The van der Waals surface area contributed by atoms with Crippen LogP contribution in [0.1, 0.15) is 26.7 Å². The summed E-state index contributed by atoms with van der Waals surface area (Å²) in [6.45, 7) is 8.48. The molecule has 1 fully saturated rings. The first-order valence-electron chi connectivity index (χ1n) is 9.05. The number of nitrogens with one attached hydrogen (secondary N) is 2. The number of hydrogen-bond acceptors (Lipinski definition) is 6. The van der Waals surface area contributed by atoms with Crippen molar-refractivity contribution in [2.45, 2.75) is 38.3 Å². The number of aromatic nitrogens is 3. The second kappa shape index (κ2) is 7.12. The Bertz CT molecular complexity index is 948. The third kappa shape index (κ3) is 4.17. The maximum atomic E-state index is 4.74. The molecule has 2 N–H and O–H groups in total. The SMILES string of the molecule is C=C1CC(Nc2nccc(-c3ccc(-c4ccncc4)s3)n2)CC(C)(C)N1. The standard InChI is InChI=1S/C21H23N5S/c1-14-12-16(13-21(2,3)26-14)24-20-23-11-8-17(25-20)19-5-4-18(27-19)15-6-9-22-10-7-15/h4-11,16,26H,1,12-13H2,2-3H3,(H,23,24,25). The second-order valence-corrected chi connectivity index (χ2v) is 8.61. The van der Waals surface area contributed by atoms with Gasteiger partial charge in [-0.3, -0.25) is 4.98 Å². The predicted octanol–water partition coefficient (Wildman–Crippen LogP) is 4.72. The Morgan fingerprint density at radius 3 is 2.67 bits per heavy atom. The van der Waals surface area contributed by atoms with Crippen molar-refractivity contribution in [2.24, 2.45) is 0 Å². The molecule has 4 heterocycles. The molecule has 1 aliphatic rings. The monoisotopic (exact) mass is 377 g/mol. The summed E-state index contributed by atoms with van der Waals surface area (Å²) in [6, 6.07) is 10.5. The fourth-order valence-corrected chi connectivity index (χ4v) is 4.54. The first-order valence-corrected chi connectivity index (χ1v) is 9.86. The molecule has 138 valence electrons. The van der Waals surface area contributed by atoms with Crippen molar-refractivity contribution >= 4 is 17.3 Å². The average Bonchev–Trinajstić information content (AvgIpc) is 3.11. The van der Waals surface area contributed by atoms with E-state index in [-0.39, 0.29) is 11.6 Å². The van der Waals surface area contributed by atoms with Crippen LogP contribution in [0.15, 0.2) is 61.2 Å². The van der Waals surface area contributed by atoms with E-state index in [9.17, 15) is 0 Å². The van der Waals surface area contributed by atoms with Gasteiger partial charge in [0.25, 0.3) is 0 Å². The molecule has 1 atom stereocenters. The first kappa shape index (κ1) is 17.7. The minimum Gasteiger partial charge on any atom is -0.384 e. The van der Waals surface area contributed by atoms with Crippen LogP contribution in [0.2, 0.25) is 0 Å². The molecule has 0 aromatic carbocycles. The molecule has 0 bridgehead atoms. The smallest absolute Gasteiger partial charge is 0.223 e. The van der Waals surface area contributed by atoms with E-state index in [2.05, 4.69) is 53.2 Å². The van der Waals surface area contributed by atoms with Gasteiger partial charge in [-0.1, -0.05) is 6.58 Å². The van der Waals surface area contributed by atoms with Crippen LogP contribution in [-0.4, -0.2) is 26.5 Å². The van der Waals surface area contributed by atoms with Crippen LogP contribution in [-0.2, 0) is 0 Å². The molecule has 0 spiro atoms. The third-order valence-corrected chi connectivity index (χ3v) is 5.73. The normalized spacial score (nSPS) is 18.7. The molecule has 6 heteroatoms. The maximum Gasteiger partial charge on any atom is 0.223 e. The highest BCUT2D eigenvalue weighted by Gasteiger charge is 2.29. The molecule has 0 aliphatic carbocycles. The maximum absolute atomic E-state index is 4.74. The lowest BCUT2D eigenvalue weighted by molar-refractivity contribution is 0.324. The van der Waals surface area contributed by atoms with Crippen LogP contribution in [0.4, 0.5) is 5.95 Å². The molecular formula is C21H23N5S. The summed E-state index contributed by atoms with van der Waals surface area (Å²) < 4.78 is 0. The van der Waals surface area contributed by atoms with Crippen LogP contribution in [0.3, 0.4) is 0 Å². The van der Waals surface area contributed by atoms with Gasteiger partial charge in [0.15, 0.2) is 0 Å². The Labute approximate surface area is 163 Å². The van der Waals surface area contributed by atoms with Crippen molar-refractivity contribution in [2.75, 3.05) is 5.32 Å². The Balaban J connectivity index is 1.53. The van der Waals surface area contributed by atoms with E-state index < -0.39 is 0 Å². The van der Waals surface area contributed by atoms with Gasteiger partial charge in [-0.25, -0.2) is 9.97 Å². The van der Waals surface area contributed by atoms with Gasteiger partial charge in [0.05, 0.1) is 10.6 Å². The molecule has 1 unspecified atom stereocenters. The molecule has 0 amide bonds. The average molecular weight is 378 g/mol. The highest BCUT2D eigenvalue weighted by atomic mass is 32.1. The number of piperidine rings is 1. The lowest BCUT2D eigenvalue weighted by Crippen LogP contribution is -2.48. The van der Waals surface area contributed by atoms with Crippen molar-refractivity contribution in [3.63, 3.8) is 0 Å². The van der Waals surface area contributed by atoms with E-state index in [1.165, 1.54) is 10.4 Å². The lowest BCUT2D eigenvalue weighted by atomic mass is 9.88. The molecule has 27 heavy (non-hydrogen) atoms. The Morgan fingerprint density at radius 1 is 1.11 bits per heavy atom. The van der Waals surface area contributed by atoms with Crippen LogP contribution >= 0.6 is 11.3 Å². The van der Waals surface area contributed by atoms with E-state index in [0.717, 1.165) is 29.1 Å². The van der Waals surface area contributed by atoms with Crippen LogP contribution in [0, 0.1) is 0 Å². The number of rotatable bonds is 4. The Kier molecular flexibility index (Phi) is 4.66. The van der Waals surface area contributed by atoms with Crippen molar-refractivity contribution in [1.82, 2.24) is 20.3 Å². The van der Waals surface area contributed by atoms with Gasteiger partial charge in [-0.15, -0.1) is 11.3 Å². The molecule has 0 saturated carbocycles. The Morgan fingerprint density at radius 2 is 1.89 bits per heavy atom. The number of nitrogens with zero attached hydrogens (tertiary/aromatic N) is 3. The Hall–Kier alpha value is -2.73. The summed E-state index contributed by atoms with van der Waals surface area (Å²) in [5, 5.41) is 6.94. The summed E-state index contributed by atoms with van der Waals surface area (Å²) in [6.07, 6.45) is 7.32. The molecule has 5 nitrogen and oxygen atoms in total. The summed E-state index contributed by atoms with van der Waals surface area (Å²) >= 11 is 1.72. The minimum atomic E-state index is 0.0256. The first-order chi connectivity index (χ1) is 13.0. The summed E-state index contributed by atoms with van der Waals surface area (Å²) in [5.74, 6) is 0.668. The quantitative estimate of drug-likeness (QED) is 0.689. The van der Waals surface area contributed by atoms with Gasteiger partial charge < -0.3 is 10.6 Å². The summed E-state index contributed by atoms with van der Waals surface area (Å²) in [7, 11) is 0. The van der Waals surface area contributed by atoms with Crippen molar-refractivity contribution in [3.8, 4) is 21.0 Å². The summed E-state index contributed by atoms with van der Waals surface area (Å²) in [5.41, 5.74) is 3.19. The number of pyridine rings is 1. The van der Waals surface area contributed by atoms with E-state index in [1.54, 1.807) is 11.3 Å². The predicted molar refractivity (Wildman–Crippen MR) is 112 cm³/mol. The largest absolute Gasteiger partial charge is 0.384 e. The van der Waals surface area contributed by atoms with Gasteiger partial charge in [0, 0.05) is 47.2 Å². The van der Waals surface area contributed by atoms with Crippen LogP contribution in [0.5, 0.6) is 0 Å². The zero-order chi connectivity index (χ0) is 18.9. The second-order valence-electron chi connectivity index (χ2n) is 7.53. The molecule has 3 aromatic rings. The molecule has 1 saturated heterocycles. The summed E-state index contributed by atoms with van der Waals surface area (Å²) in [4.78, 5) is 15.6. The topological polar surface area (TPSA) is 62.7 Å². The number of hydrogen-bond donors (Lipinski definition) is 2. The van der Waals surface area contributed by atoms with Gasteiger partial charge in [0.2, 0.25) is 5.95 Å². The molecule has 3 aromatic heterocycles. The van der Waals surface area contributed by atoms with Gasteiger partial charge in [0.1, 0.15) is 0 Å².